The zero-order valence-corrected chi connectivity index (χ0v) is 21.2. The second-order valence-electron chi connectivity index (χ2n) is 12.0. The molecule has 0 aromatic carbocycles. The van der Waals surface area contributed by atoms with Crippen molar-refractivity contribution in [3.63, 3.8) is 0 Å². The molecule has 0 aromatic heterocycles. The number of hydrogen-bond acceptors (Lipinski definition) is 0. The molecule has 0 heterocycles. The molecule has 0 nitrogen and oxygen atoms in total. The van der Waals surface area contributed by atoms with E-state index in [0.29, 0.717) is 5.41 Å². The van der Waals surface area contributed by atoms with Crippen LogP contribution in [0.4, 0.5) is 0 Å². The Labute approximate surface area is 180 Å². The summed E-state index contributed by atoms with van der Waals surface area (Å²) in [5, 5.41) is 0. The average Bonchev–Trinajstić information content (AvgIpc) is 2.64. The molecule has 4 unspecified atom stereocenters. The molecule has 4 atom stereocenters. The first-order valence-electron chi connectivity index (χ1n) is 13.2. The van der Waals surface area contributed by atoms with Crippen LogP contribution in [0.5, 0.6) is 0 Å². The van der Waals surface area contributed by atoms with Crippen LogP contribution in [0.15, 0.2) is 0 Å². The summed E-state index contributed by atoms with van der Waals surface area (Å²) in [6.07, 6.45) is 18.8. The van der Waals surface area contributed by atoms with Crippen molar-refractivity contribution in [3.8, 4) is 0 Å². The molecule has 1 rings (SSSR count). The predicted octanol–water partition coefficient (Wildman–Crippen LogP) is 9.91. The molecule has 0 heteroatoms. The minimum Gasteiger partial charge on any atom is -0.0654 e. The van der Waals surface area contributed by atoms with Crippen molar-refractivity contribution >= 4 is 0 Å². The summed E-state index contributed by atoms with van der Waals surface area (Å²) in [4.78, 5) is 0. The molecule has 0 aliphatic heterocycles. The molecule has 1 aliphatic carbocycles. The fourth-order valence-electron chi connectivity index (χ4n) is 5.94. The number of rotatable bonds is 14. The summed E-state index contributed by atoms with van der Waals surface area (Å²) in [5.74, 6) is 5.50. The van der Waals surface area contributed by atoms with E-state index in [1.54, 1.807) is 0 Å². The zero-order chi connectivity index (χ0) is 21.2. The second kappa shape index (κ2) is 13.3. The maximum atomic E-state index is 2.62. The van der Waals surface area contributed by atoms with Gasteiger partial charge in [-0.05, 0) is 53.8 Å². The van der Waals surface area contributed by atoms with Gasteiger partial charge in [-0.25, -0.2) is 0 Å². The van der Waals surface area contributed by atoms with Crippen molar-refractivity contribution in [1.82, 2.24) is 0 Å². The van der Waals surface area contributed by atoms with Crippen LogP contribution in [0.1, 0.15) is 139 Å². The van der Waals surface area contributed by atoms with Gasteiger partial charge in [-0.3, -0.25) is 0 Å². The van der Waals surface area contributed by atoms with E-state index in [9.17, 15) is 0 Å². The van der Waals surface area contributed by atoms with Gasteiger partial charge in [0.2, 0.25) is 0 Å². The van der Waals surface area contributed by atoms with Gasteiger partial charge in [0.1, 0.15) is 0 Å². The van der Waals surface area contributed by atoms with Gasteiger partial charge in [0.05, 0.1) is 0 Å². The molecule has 0 amide bonds. The molecular formula is C28H56. The summed E-state index contributed by atoms with van der Waals surface area (Å²) in [6, 6.07) is 0. The summed E-state index contributed by atoms with van der Waals surface area (Å²) in [7, 11) is 0. The van der Waals surface area contributed by atoms with Crippen LogP contribution in [-0.2, 0) is 0 Å². The van der Waals surface area contributed by atoms with Crippen LogP contribution in [0.2, 0.25) is 0 Å². The molecule has 1 fully saturated rings. The fourth-order valence-corrected chi connectivity index (χ4v) is 5.94. The Hall–Kier alpha value is 0. The standard InChI is InChI=1S/C28H56/c1-9-14-23(4)18-19-24(5)25(6)27(26-16-11-10-12-17-26)21-28(7,8)20-13-15-22(2)3/h22-27H,9-21H2,1-8H3. The van der Waals surface area contributed by atoms with Crippen molar-refractivity contribution in [2.45, 2.75) is 139 Å². The molecule has 168 valence electrons. The van der Waals surface area contributed by atoms with Crippen molar-refractivity contribution in [2.24, 2.45) is 40.9 Å². The van der Waals surface area contributed by atoms with E-state index in [1.807, 2.05) is 0 Å². The van der Waals surface area contributed by atoms with Gasteiger partial charge in [0.15, 0.2) is 0 Å². The summed E-state index contributed by atoms with van der Waals surface area (Å²) < 4.78 is 0. The molecule has 0 radical (unpaired) electrons. The van der Waals surface area contributed by atoms with Crippen molar-refractivity contribution < 1.29 is 0 Å². The summed E-state index contributed by atoms with van der Waals surface area (Å²) in [6.45, 7) is 19.9. The van der Waals surface area contributed by atoms with Crippen LogP contribution in [0.25, 0.3) is 0 Å². The molecule has 0 N–H and O–H groups in total. The number of hydrogen-bond donors (Lipinski definition) is 0. The lowest BCUT2D eigenvalue weighted by Gasteiger charge is -2.42. The highest BCUT2D eigenvalue weighted by molar-refractivity contribution is 4.85. The minimum absolute atomic E-state index is 0.514. The highest BCUT2D eigenvalue weighted by atomic mass is 14.4. The van der Waals surface area contributed by atoms with E-state index in [0.717, 1.165) is 35.5 Å². The largest absolute Gasteiger partial charge is 0.0654 e. The highest BCUT2D eigenvalue weighted by Crippen LogP contribution is 2.45. The predicted molar refractivity (Wildman–Crippen MR) is 129 cm³/mol. The first-order chi connectivity index (χ1) is 13.2. The van der Waals surface area contributed by atoms with Gasteiger partial charge in [0.25, 0.3) is 0 Å². The van der Waals surface area contributed by atoms with Crippen molar-refractivity contribution in [3.05, 3.63) is 0 Å². The van der Waals surface area contributed by atoms with E-state index < -0.39 is 0 Å². The summed E-state index contributed by atoms with van der Waals surface area (Å²) >= 11 is 0. The average molecular weight is 393 g/mol. The van der Waals surface area contributed by atoms with Crippen LogP contribution in [-0.4, -0.2) is 0 Å². The Kier molecular flexibility index (Phi) is 12.4. The molecule has 0 aromatic rings. The monoisotopic (exact) mass is 392 g/mol. The topological polar surface area (TPSA) is 0 Å². The molecule has 0 bridgehead atoms. The van der Waals surface area contributed by atoms with E-state index in [2.05, 4.69) is 55.4 Å². The Morgan fingerprint density at radius 3 is 2.04 bits per heavy atom. The second-order valence-corrected chi connectivity index (χ2v) is 12.0. The van der Waals surface area contributed by atoms with Crippen LogP contribution < -0.4 is 0 Å². The quantitative estimate of drug-likeness (QED) is 0.276. The van der Waals surface area contributed by atoms with Crippen LogP contribution in [0.3, 0.4) is 0 Å². The Morgan fingerprint density at radius 2 is 1.46 bits per heavy atom. The van der Waals surface area contributed by atoms with E-state index >= 15 is 0 Å². The fraction of sp³-hybridized carbons (Fsp3) is 1.00. The Bertz CT molecular complexity index is 373. The molecule has 1 saturated carbocycles. The SMILES string of the molecule is CCCC(C)CCC(C)C(C)C(CC(C)(C)CCCC(C)C)C1CCCCC1. The zero-order valence-electron chi connectivity index (χ0n) is 21.2. The molecule has 0 spiro atoms. The van der Waals surface area contributed by atoms with Gasteiger partial charge in [-0.2, -0.15) is 0 Å². The van der Waals surface area contributed by atoms with Crippen molar-refractivity contribution in [2.75, 3.05) is 0 Å². The lowest BCUT2D eigenvalue weighted by atomic mass is 9.64. The van der Waals surface area contributed by atoms with Crippen LogP contribution >= 0.6 is 0 Å². The van der Waals surface area contributed by atoms with Gasteiger partial charge in [-0.1, -0.05) is 126 Å². The summed E-state index contributed by atoms with van der Waals surface area (Å²) in [5.41, 5.74) is 0.514. The Morgan fingerprint density at radius 1 is 0.821 bits per heavy atom. The maximum absolute atomic E-state index is 2.62. The maximum Gasteiger partial charge on any atom is -0.0351 e. The first kappa shape index (κ1) is 26.0. The van der Waals surface area contributed by atoms with Crippen molar-refractivity contribution in [1.29, 1.82) is 0 Å². The first-order valence-corrected chi connectivity index (χ1v) is 13.2. The smallest absolute Gasteiger partial charge is 0.0351 e. The third-order valence-electron chi connectivity index (χ3n) is 8.15. The van der Waals surface area contributed by atoms with Gasteiger partial charge in [-0.15, -0.1) is 0 Å². The van der Waals surface area contributed by atoms with E-state index in [4.69, 9.17) is 0 Å². The van der Waals surface area contributed by atoms with Gasteiger partial charge in [0, 0.05) is 0 Å². The van der Waals surface area contributed by atoms with Gasteiger partial charge < -0.3 is 0 Å². The van der Waals surface area contributed by atoms with E-state index in [-0.39, 0.29) is 0 Å². The molecular weight excluding hydrogens is 336 g/mol. The van der Waals surface area contributed by atoms with Gasteiger partial charge >= 0.3 is 0 Å². The Balaban J connectivity index is 2.71. The normalized spacial score (nSPS) is 20.9. The highest BCUT2D eigenvalue weighted by Gasteiger charge is 2.35. The molecule has 28 heavy (non-hydrogen) atoms. The molecule has 1 aliphatic rings. The lowest BCUT2D eigenvalue weighted by Crippen LogP contribution is -2.32. The molecule has 0 saturated heterocycles. The third kappa shape index (κ3) is 10.2. The lowest BCUT2D eigenvalue weighted by molar-refractivity contribution is 0.0865. The van der Waals surface area contributed by atoms with Crippen LogP contribution in [0, 0.1) is 40.9 Å². The van der Waals surface area contributed by atoms with E-state index in [1.165, 1.54) is 83.5 Å². The third-order valence-corrected chi connectivity index (χ3v) is 8.15. The minimum atomic E-state index is 0.514.